The Balaban J connectivity index is 1.54. The number of fused-ring (bicyclic) bond motifs is 1. The molecule has 3 aromatic rings. The van der Waals surface area contributed by atoms with Crippen molar-refractivity contribution in [3.8, 4) is 0 Å². The number of carbonyl (C=O) groups excluding carboxylic acids is 1. The molecule has 0 saturated carbocycles. The highest BCUT2D eigenvalue weighted by Gasteiger charge is 2.17. The molecule has 5 heteroatoms. The van der Waals surface area contributed by atoms with Gasteiger partial charge >= 0.3 is 0 Å². The monoisotopic (exact) mass is 342 g/mol. The van der Waals surface area contributed by atoms with E-state index < -0.39 is 0 Å². The summed E-state index contributed by atoms with van der Waals surface area (Å²) in [7, 11) is 0. The zero-order chi connectivity index (χ0) is 16.9. The number of para-hydroxylation sites is 1. The number of carbonyl (C=O) groups is 1. The minimum Gasteiger partial charge on any atom is -0.385 e. The lowest BCUT2D eigenvalue weighted by atomic mass is 10.1. The summed E-state index contributed by atoms with van der Waals surface area (Å²) in [5, 5.41) is 6.77. The first kappa shape index (κ1) is 16.5. The van der Waals surface area contributed by atoms with Crippen LogP contribution in [0.3, 0.4) is 0 Å². The van der Waals surface area contributed by atoms with Gasteiger partial charge in [0.15, 0.2) is 0 Å². The van der Waals surface area contributed by atoms with Crippen molar-refractivity contribution in [3.05, 3.63) is 64.8 Å². The van der Waals surface area contributed by atoms with Gasteiger partial charge in [-0.2, -0.15) is 0 Å². The number of amides is 1. The Labute approximate surface area is 144 Å². The van der Waals surface area contributed by atoms with E-state index in [0.29, 0.717) is 22.4 Å². The summed E-state index contributed by atoms with van der Waals surface area (Å²) in [5.74, 6) is -0.403. The quantitative estimate of drug-likeness (QED) is 0.644. The van der Waals surface area contributed by atoms with E-state index in [-0.39, 0.29) is 11.7 Å². The molecule has 0 radical (unpaired) electrons. The molecule has 2 N–H and O–H groups in total. The van der Waals surface area contributed by atoms with Crippen molar-refractivity contribution in [2.75, 3.05) is 18.4 Å². The van der Waals surface area contributed by atoms with E-state index in [0.717, 1.165) is 23.4 Å². The van der Waals surface area contributed by atoms with Gasteiger partial charge in [0, 0.05) is 28.9 Å². The van der Waals surface area contributed by atoms with E-state index >= 15 is 0 Å². The van der Waals surface area contributed by atoms with Gasteiger partial charge in [0.25, 0.3) is 5.91 Å². The van der Waals surface area contributed by atoms with Crippen LogP contribution in [0.4, 0.5) is 10.1 Å². The fourth-order valence-corrected chi connectivity index (χ4v) is 3.77. The number of thiophene rings is 1. The summed E-state index contributed by atoms with van der Waals surface area (Å²) in [6, 6.07) is 14.9. The topological polar surface area (TPSA) is 41.1 Å². The highest BCUT2D eigenvalue weighted by Crippen LogP contribution is 2.32. The second-order valence-corrected chi connectivity index (χ2v) is 6.62. The van der Waals surface area contributed by atoms with Crippen LogP contribution in [0.1, 0.15) is 21.7 Å². The fourth-order valence-electron chi connectivity index (χ4n) is 2.63. The molecule has 0 unspecified atom stereocenters. The first-order chi connectivity index (χ1) is 11.7. The van der Waals surface area contributed by atoms with Crippen molar-refractivity contribution >= 4 is 33.0 Å². The highest BCUT2D eigenvalue weighted by atomic mass is 32.1. The summed E-state index contributed by atoms with van der Waals surface area (Å²) in [6.07, 6.45) is 0.818. The standard InChI is InChI=1S/C19H19FN2OS/c1-13-17-15(20)9-5-10-16(17)24-18(13)19(23)22-12-6-11-21-14-7-3-2-4-8-14/h2-5,7-10,21H,6,11-12H2,1H3,(H,22,23). The van der Waals surface area contributed by atoms with Gasteiger partial charge in [-0.1, -0.05) is 24.3 Å². The van der Waals surface area contributed by atoms with E-state index in [1.807, 2.05) is 36.4 Å². The number of nitrogens with one attached hydrogen (secondary N) is 2. The van der Waals surface area contributed by atoms with Crippen molar-refractivity contribution in [2.45, 2.75) is 13.3 Å². The molecule has 0 aliphatic rings. The Kier molecular flexibility index (Phi) is 5.11. The third-order valence-corrected chi connectivity index (χ3v) is 5.11. The van der Waals surface area contributed by atoms with Gasteiger partial charge < -0.3 is 10.6 Å². The fraction of sp³-hybridized carbons (Fsp3) is 0.211. The average Bonchev–Trinajstić information content (AvgIpc) is 2.93. The summed E-state index contributed by atoms with van der Waals surface area (Å²) < 4.78 is 14.7. The first-order valence-electron chi connectivity index (χ1n) is 7.91. The Morgan fingerprint density at radius 2 is 1.88 bits per heavy atom. The van der Waals surface area contributed by atoms with Gasteiger partial charge in [-0.05, 0) is 43.2 Å². The van der Waals surface area contributed by atoms with Gasteiger partial charge in [0.1, 0.15) is 5.82 Å². The second-order valence-electron chi connectivity index (χ2n) is 5.57. The van der Waals surface area contributed by atoms with Crippen molar-refractivity contribution in [2.24, 2.45) is 0 Å². The third kappa shape index (κ3) is 3.57. The summed E-state index contributed by atoms with van der Waals surface area (Å²) in [6.45, 7) is 3.16. The Hall–Kier alpha value is -2.40. The molecule has 24 heavy (non-hydrogen) atoms. The molecule has 2 aromatic carbocycles. The largest absolute Gasteiger partial charge is 0.385 e. The molecule has 1 aromatic heterocycles. The number of benzene rings is 2. The lowest BCUT2D eigenvalue weighted by Gasteiger charge is -2.07. The number of halogens is 1. The van der Waals surface area contributed by atoms with E-state index in [2.05, 4.69) is 10.6 Å². The van der Waals surface area contributed by atoms with Crippen molar-refractivity contribution in [3.63, 3.8) is 0 Å². The number of hydrogen-bond donors (Lipinski definition) is 2. The second kappa shape index (κ2) is 7.45. The summed E-state index contributed by atoms with van der Waals surface area (Å²) in [4.78, 5) is 12.9. The average molecular weight is 342 g/mol. The Morgan fingerprint density at radius 3 is 2.62 bits per heavy atom. The molecule has 0 spiro atoms. The number of rotatable bonds is 6. The van der Waals surface area contributed by atoms with E-state index in [9.17, 15) is 9.18 Å². The van der Waals surface area contributed by atoms with Gasteiger partial charge in [-0.3, -0.25) is 4.79 Å². The van der Waals surface area contributed by atoms with Crippen LogP contribution in [-0.4, -0.2) is 19.0 Å². The number of aryl methyl sites for hydroxylation is 1. The maximum Gasteiger partial charge on any atom is 0.261 e. The van der Waals surface area contributed by atoms with Gasteiger partial charge in [0.2, 0.25) is 0 Å². The molecule has 0 saturated heterocycles. The molecule has 3 nitrogen and oxygen atoms in total. The summed E-state index contributed by atoms with van der Waals surface area (Å²) >= 11 is 1.34. The van der Waals surface area contributed by atoms with Gasteiger partial charge in [0.05, 0.1) is 4.88 Å². The molecular formula is C19H19FN2OS. The smallest absolute Gasteiger partial charge is 0.261 e. The minimum atomic E-state index is -0.271. The van der Waals surface area contributed by atoms with Crippen LogP contribution < -0.4 is 10.6 Å². The van der Waals surface area contributed by atoms with E-state index in [1.54, 1.807) is 13.0 Å². The van der Waals surface area contributed by atoms with Crippen LogP contribution in [-0.2, 0) is 0 Å². The van der Waals surface area contributed by atoms with Gasteiger partial charge in [-0.15, -0.1) is 11.3 Å². The van der Waals surface area contributed by atoms with E-state index in [1.165, 1.54) is 17.4 Å². The van der Waals surface area contributed by atoms with Crippen LogP contribution in [0.2, 0.25) is 0 Å². The minimum absolute atomic E-state index is 0.132. The third-order valence-electron chi connectivity index (χ3n) is 3.85. The predicted molar refractivity (Wildman–Crippen MR) is 98.4 cm³/mol. The molecule has 1 amide bonds. The maximum absolute atomic E-state index is 13.9. The molecule has 124 valence electrons. The Morgan fingerprint density at radius 1 is 1.08 bits per heavy atom. The lowest BCUT2D eigenvalue weighted by Crippen LogP contribution is -2.25. The van der Waals surface area contributed by atoms with Crippen molar-refractivity contribution in [1.29, 1.82) is 0 Å². The van der Waals surface area contributed by atoms with Crippen LogP contribution in [0.5, 0.6) is 0 Å². The number of hydrogen-bond acceptors (Lipinski definition) is 3. The van der Waals surface area contributed by atoms with Crippen molar-refractivity contribution in [1.82, 2.24) is 5.32 Å². The van der Waals surface area contributed by atoms with Gasteiger partial charge in [-0.25, -0.2) is 4.39 Å². The Bertz CT molecular complexity index is 845. The summed E-state index contributed by atoms with van der Waals surface area (Å²) in [5.41, 5.74) is 1.78. The SMILES string of the molecule is Cc1c(C(=O)NCCCNc2ccccc2)sc2cccc(F)c12. The number of anilines is 1. The van der Waals surface area contributed by atoms with Crippen molar-refractivity contribution < 1.29 is 9.18 Å². The molecule has 0 fully saturated rings. The molecule has 1 heterocycles. The van der Waals surface area contributed by atoms with Crippen LogP contribution in [0.15, 0.2) is 48.5 Å². The van der Waals surface area contributed by atoms with Crippen LogP contribution >= 0.6 is 11.3 Å². The first-order valence-corrected chi connectivity index (χ1v) is 8.73. The molecule has 3 rings (SSSR count). The van der Waals surface area contributed by atoms with Crippen LogP contribution in [0.25, 0.3) is 10.1 Å². The molecule has 0 aliphatic carbocycles. The highest BCUT2D eigenvalue weighted by molar-refractivity contribution is 7.21. The maximum atomic E-state index is 13.9. The zero-order valence-electron chi connectivity index (χ0n) is 13.4. The molecule has 0 aliphatic heterocycles. The zero-order valence-corrected chi connectivity index (χ0v) is 14.3. The lowest BCUT2D eigenvalue weighted by molar-refractivity contribution is 0.0957. The van der Waals surface area contributed by atoms with E-state index in [4.69, 9.17) is 0 Å². The normalized spacial score (nSPS) is 10.8. The predicted octanol–water partition coefficient (Wildman–Crippen LogP) is 4.58. The molecule has 0 bridgehead atoms. The van der Waals surface area contributed by atoms with Crippen LogP contribution in [0, 0.1) is 12.7 Å². The molecular weight excluding hydrogens is 323 g/mol. The molecule has 0 atom stereocenters.